The SMILES string of the molecule is CC(C)(C(=O)Nc1nccs1)C(c1ccccc1)c1ccc2c(-c3ccc(F)cc3)ncn2c1.CC(C)(C(=O)Nc1nccs1)C(c1ccccc1)c1ccc2c(-c3ccc(F)cc3)ncn2c1.COC(=O)C(C)(C)C(c1ccccc1)c1ccc2c(-c3ccc(F)cc3)ncn2c1.COC(=O)C(C)(C)C(c1ccccc1)c1ccc2cncn2c1. The Morgan fingerprint density at radius 2 is 0.628 bits per heavy atom. The smallest absolute Gasteiger partial charge is 0.312 e. The van der Waals surface area contributed by atoms with Crippen LogP contribution in [-0.4, -0.2) is 85.5 Å². The number of amides is 2. The van der Waals surface area contributed by atoms with E-state index in [2.05, 4.69) is 46.6 Å². The summed E-state index contributed by atoms with van der Waals surface area (Å²) >= 11 is 2.79. The van der Waals surface area contributed by atoms with Crippen molar-refractivity contribution in [1.82, 2.24) is 47.5 Å². The molecule has 0 aliphatic rings. The molecule has 0 bridgehead atoms. The fraction of sp³-hybridized carbons (Fsp3) is 0.184. The number of hydrogen-bond donors (Lipinski definition) is 2. The first-order valence-electron chi connectivity index (χ1n) is 39.2. The number of esters is 2. The normalized spacial score (nSPS) is 12.7. The van der Waals surface area contributed by atoms with Crippen molar-refractivity contribution < 1.29 is 41.8 Å². The average molecular weight is 1650 g/mol. The van der Waals surface area contributed by atoms with Gasteiger partial charge in [-0.05, 0) is 169 Å². The lowest BCUT2D eigenvalue weighted by Crippen LogP contribution is -2.37. The van der Waals surface area contributed by atoms with Crippen molar-refractivity contribution in [1.29, 1.82) is 0 Å². The van der Waals surface area contributed by atoms with Crippen LogP contribution in [0.4, 0.5) is 23.4 Å². The minimum absolute atomic E-state index is 0.103. The molecule has 2 N–H and O–H groups in total. The Morgan fingerprint density at radius 1 is 0.339 bits per heavy atom. The van der Waals surface area contributed by atoms with Gasteiger partial charge in [-0.2, -0.15) is 0 Å². The van der Waals surface area contributed by atoms with Crippen LogP contribution in [0.15, 0.2) is 322 Å². The third kappa shape index (κ3) is 18.3. The van der Waals surface area contributed by atoms with Crippen molar-refractivity contribution in [2.75, 3.05) is 24.9 Å². The van der Waals surface area contributed by atoms with Crippen molar-refractivity contribution in [3.63, 3.8) is 0 Å². The van der Waals surface area contributed by atoms with Gasteiger partial charge in [0.1, 0.15) is 17.5 Å². The lowest BCUT2D eigenvalue weighted by atomic mass is 9.71. The number of imidazole rings is 4. The van der Waals surface area contributed by atoms with Crippen LogP contribution in [0.25, 0.3) is 55.8 Å². The minimum atomic E-state index is -0.777. The van der Waals surface area contributed by atoms with Crippen LogP contribution in [-0.2, 0) is 28.7 Å². The van der Waals surface area contributed by atoms with Crippen molar-refractivity contribution in [3.8, 4) is 33.8 Å². The maximum atomic E-state index is 13.4. The number of thiazole rings is 2. The largest absolute Gasteiger partial charge is 0.469 e. The van der Waals surface area contributed by atoms with E-state index in [0.717, 1.165) is 100 Å². The van der Waals surface area contributed by atoms with E-state index in [-0.39, 0.29) is 64.9 Å². The average Bonchev–Trinajstić information content (AvgIpc) is 1.71. The van der Waals surface area contributed by atoms with Gasteiger partial charge >= 0.3 is 11.9 Å². The molecule has 0 saturated heterocycles. The zero-order valence-corrected chi connectivity index (χ0v) is 69.9. The number of methoxy groups -OCH3 is 2. The standard InChI is InChI=1S/2C27H23FN4OS.C25H23FN2O2.C19H20N2O2/c2*1-27(2,25(33)31-26-29-14-15-34-26)23(18-6-4-3-5-7-18)20-10-13-22-24(30-17-32(22)16-20)19-8-11-21(28)12-9-19;1-25(2,24(29)30-3)22(17-7-5-4-6-8-17)19-11-14-21-23(27-16-28(21)15-19)18-9-12-20(26)13-10-18;1-19(2,18(22)23-3)17(14-7-5-4-6-8-14)15-9-10-16-11-20-13-21(16)12-15/h2*3-17,23H,1-2H3,(H,29,31,33);4-16,22H,1-3H3;4-13,17H,1-3H3. The first-order chi connectivity index (χ1) is 58.3. The Bertz CT molecular complexity index is 6180. The summed E-state index contributed by atoms with van der Waals surface area (Å²) in [5.41, 5.74) is 13.8. The number of ether oxygens (including phenoxy) is 2. The number of halogens is 3. The number of pyridine rings is 4. The van der Waals surface area contributed by atoms with Gasteiger partial charge in [0.15, 0.2) is 10.3 Å². The number of aromatic nitrogens is 10. The maximum Gasteiger partial charge on any atom is 0.312 e. The molecule has 610 valence electrons. The van der Waals surface area contributed by atoms with E-state index in [0.29, 0.717) is 10.3 Å². The van der Waals surface area contributed by atoms with Crippen LogP contribution in [0, 0.1) is 39.1 Å². The number of hydrogen-bond acceptors (Lipinski definition) is 14. The summed E-state index contributed by atoms with van der Waals surface area (Å²) < 4.78 is 58.0. The zero-order chi connectivity index (χ0) is 85.2. The number of fused-ring (bicyclic) bond motifs is 4. The predicted molar refractivity (Wildman–Crippen MR) is 471 cm³/mol. The maximum absolute atomic E-state index is 13.4. The molecule has 17 rings (SSSR count). The molecule has 0 spiro atoms. The Labute approximate surface area is 707 Å². The third-order valence-electron chi connectivity index (χ3n) is 22.1. The molecule has 23 heteroatoms. The lowest BCUT2D eigenvalue weighted by Gasteiger charge is -2.33. The number of carbonyl (C=O) groups is 4. The summed E-state index contributed by atoms with van der Waals surface area (Å²) in [5, 5.41) is 10.8. The molecule has 121 heavy (non-hydrogen) atoms. The fourth-order valence-electron chi connectivity index (χ4n) is 16.0. The Balaban J connectivity index is 0.000000133. The second-order valence-electron chi connectivity index (χ2n) is 31.6. The van der Waals surface area contributed by atoms with Crippen molar-refractivity contribution in [2.45, 2.75) is 79.1 Å². The van der Waals surface area contributed by atoms with E-state index in [1.54, 1.807) is 74.1 Å². The van der Waals surface area contributed by atoms with E-state index in [1.165, 1.54) is 73.3 Å². The van der Waals surface area contributed by atoms with Crippen LogP contribution in [0.3, 0.4) is 0 Å². The summed E-state index contributed by atoms with van der Waals surface area (Å²) in [6, 6.07) is 75.2. The van der Waals surface area contributed by atoms with E-state index in [9.17, 15) is 32.3 Å². The van der Waals surface area contributed by atoms with Crippen molar-refractivity contribution in [2.24, 2.45) is 21.7 Å². The van der Waals surface area contributed by atoms with Gasteiger partial charge in [0.05, 0.1) is 107 Å². The number of rotatable bonds is 21. The summed E-state index contributed by atoms with van der Waals surface area (Å²) in [7, 11) is 2.85. The number of anilines is 2. The highest BCUT2D eigenvalue weighted by atomic mass is 32.1. The highest BCUT2D eigenvalue weighted by Crippen LogP contribution is 2.47. The molecule has 0 aliphatic carbocycles. The summed E-state index contributed by atoms with van der Waals surface area (Å²) in [4.78, 5) is 78.1. The molecule has 4 atom stereocenters. The van der Waals surface area contributed by atoms with Crippen LogP contribution in [0.5, 0.6) is 0 Å². The molecule has 7 aromatic carbocycles. The molecule has 4 unspecified atom stereocenters. The van der Waals surface area contributed by atoms with Crippen LogP contribution in [0.1, 0.15) is 124 Å². The van der Waals surface area contributed by atoms with E-state index < -0.39 is 21.7 Å². The van der Waals surface area contributed by atoms with Crippen LogP contribution in [0.2, 0.25) is 0 Å². The quantitative estimate of drug-likeness (QED) is 0.0645. The molecular weight excluding hydrogens is 1560 g/mol. The topological polar surface area (TPSA) is 206 Å². The highest BCUT2D eigenvalue weighted by molar-refractivity contribution is 7.14. The second-order valence-corrected chi connectivity index (χ2v) is 33.4. The summed E-state index contributed by atoms with van der Waals surface area (Å²) in [6.07, 6.45) is 20.2. The molecule has 10 aromatic heterocycles. The number of carbonyl (C=O) groups excluding carboxylic acids is 4. The van der Waals surface area contributed by atoms with Crippen LogP contribution < -0.4 is 10.6 Å². The lowest BCUT2D eigenvalue weighted by molar-refractivity contribution is -0.152. The molecule has 0 aliphatic heterocycles. The Morgan fingerprint density at radius 3 is 0.917 bits per heavy atom. The van der Waals surface area contributed by atoms with Gasteiger partial charge in [0.2, 0.25) is 11.8 Å². The number of benzene rings is 7. The van der Waals surface area contributed by atoms with Gasteiger partial charge < -0.3 is 37.7 Å². The zero-order valence-electron chi connectivity index (χ0n) is 68.3. The molecule has 18 nitrogen and oxygen atoms in total. The van der Waals surface area contributed by atoms with Crippen molar-refractivity contribution >= 4 is 78.8 Å². The molecule has 0 fully saturated rings. The third-order valence-corrected chi connectivity index (χ3v) is 23.5. The summed E-state index contributed by atoms with van der Waals surface area (Å²) in [6.45, 7) is 15.5. The van der Waals surface area contributed by atoms with Gasteiger partial charge in [0.25, 0.3) is 0 Å². The second kappa shape index (κ2) is 36.2. The fourth-order valence-corrected chi connectivity index (χ4v) is 17.0. The Kier molecular flexibility index (Phi) is 25.1. The molecular formula is C98H89F3N12O6S2. The summed E-state index contributed by atoms with van der Waals surface area (Å²) in [5.74, 6) is -2.27. The molecule has 2 amide bonds. The van der Waals surface area contributed by atoms with Crippen molar-refractivity contribution in [3.05, 3.63) is 384 Å². The van der Waals surface area contributed by atoms with Gasteiger partial charge in [-0.3, -0.25) is 19.2 Å². The molecule has 0 saturated carbocycles. The Hall–Kier alpha value is -13.8. The molecule has 10 heterocycles. The van der Waals surface area contributed by atoms with Gasteiger partial charge in [-0.15, -0.1) is 22.7 Å². The van der Waals surface area contributed by atoms with E-state index in [4.69, 9.17) is 9.47 Å². The highest BCUT2D eigenvalue weighted by Gasteiger charge is 2.44. The number of nitrogens with zero attached hydrogens (tertiary/aromatic N) is 10. The predicted octanol–water partition coefficient (Wildman–Crippen LogP) is 21.9. The van der Waals surface area contributed by atoms with Gasteiger partial charge in [0, 0.05) is 88.3 Å². The first-order valence-corrected chi connectivity index (χ1v) is 41.0. The monoisotopic (exact) mass is 1650 g/mol. The van der Waals surface area contributed by atoms with Gasteiger partial charge in [-0.1, -0.05) is 173 Å². The number of nitrogens with one attached hydrogen (secondary N) is 2. The molecule has 17 aromatic rings. The minimum Gasteiger partial charge on any atom is -0.469 e. The van der Waals surface area contributed by atoms with E-state index in [1.807, 2.05) is 279 Å². The van der Waals surface area contributed by atoms with E-state index >= 15 is 0 Å². The van der Waals surface area contributed by atoms with Crippen LogP contribution >= 0.6 is 22.7 Å². The van der Waals surface area contributed by atoms with Gasteiger partial charge in [-0.25, -0.2) is 43.1 Å². The first kappa shape index (κ1) is 83.7. The molecule has 0 radical (unpaired) electrons.